The second-order valence-electron chi connectivity index (χ2n) is 4.30. The van der Waals surface area contributed by atoms with Crippen molar-refractivity contribution in [2.75, 3.05) is 6.54 Å². The summed E-state index contributed by atoms with van der Waals surface area (Å²) in [7, 11) is 0. The molecule has 0 spiro atoms. The third-order valence-electron chi connectivity index (χ3n) is 2.89. The van der Waals surface area contributed by atoms with Crippen LogP contribution in [0.4, 0.5) is 4.39 Å². The SMILES string of the molecule is CCNC(c1cccnc1)c1cc(C)ccc1F. The van der Waals surface area contributed by atoms with E-state index in [1.807, 2.05) is 32.0 Å². The molecule has 18 heavy (non-hydrogen) atoms. The van der Waals surface area contributed by atoms with Crippen molar-refractivity contribution in [2.45, 2.75) is 19.9 Å². The molecule has 2 nitrogen and oxygen atoms in total. The number of rotatable bonds is 4. The average molecular weight is 244 g/mol. The molecule has 0 saturated carbocycles. The quantitative estimate of drug-likeness (QED) is 0.893. The van der Waals surface area contributed by atoms with Gasteiger partial charge in [-0.15, -0.1) is 0 Å². The second kappa shape index (κ2) is 5.74. The molecule has 1 N–H and O–H groups in total. The van der Waals surface area contributed by atoms with Crippen LogP contribution in [0, 0.1) is 12.7 Å². The van der Waals surface area contributed by atoms with Gasteiger partial charge in [0.2, 0.25) is 0 Å². The number of benzene rings is 1. The largest absolute Gasteiger partial charge is 0.306 e. The van der Waals surface area contributed by atoms with Crippen LogP contribution in [-0.4, -0.2) is 11.5 Å². The van der Waals surface area contributed by atoms with E-state index in [0.29, 0.717) is 5.56 Å². The van der Waals surface area contributed by atoms with E-state index in [4.69, 9.17) is 0 Å². The van der Waals surface area contributed by atoms with Crippen LogP contribution in [0.25, 0.3) is 0 Å². The average Bonchev–Trinajstić information content (AvgIpc) is 2.40. The molecule has 2 aromatic rings. The number of aromatic nitrogens is 1. The Morgan fingerprint density at radius 1 is 1.33 bits per heavy atom. The summed E-state index contributed by atoms with van der Waals surface area (Å²) in [6.07, 6.45) is 3.49. The lowest BCUT2D eigenvalue weighted by atomic mass is 9.98. The maximum Gasteiger partial charge on any atom is 0.128 e. The van der Waals surface area contributed by atoms with Crippen LogP contribution in [-0.2, 0) is 0 Å². The van der Waals surface area contributed by atoms with Crippen LogP contribution in [0.2, 0.25) is 0 Å². The normalized spacial score (nSPS) is 12.4. The number of aryl methyl sites for hydroxylation is 1. The number of hydrogen-bond acceptors (Lipinski definition) is 2. The molecule has 94 valence electrons. The van der Waals surface area contributed by atoms with Gasteiger partial charge in [0.15, 0.2) is 0 Å². The van der Waals surface area contributed by atoms with Crippen LogP contribution in [0.3, 0.4) is 0 Å². The van der Waals surface area contributed by atoms with Crippen molar-refractivity contribution in [3.8, 4) is 0 Å². The first-order valence-corrected chi connectivity index (χ1v) is 6.11. The Kier molecular flexibility index (Phi) is 4.05. The summed E-state index contributed by atoms with van der Waals surface area (Å²) in [5.41, 5.74) is 2.70. The summed E-state index contributed by atoms with van der Waals surface area (Å²) >= 11 is 0. The number of nitrogens with one attached hydrogen (secondary N) is 1. The van der Waals surface area contributed by atoms with Crippen molar-refractivity contribution < 1.29 is 4.39 Å². The van der Waals surface area contributed by atoms with Gasteiger partial charge in [0.25, 0.3) is 0 Å². The third-order valence-corrected chi connectivity index (χ3v) is 2.89. The molecule has 1 unspecified atom stereocenters. The number of halogens is 1. The predicted octanol–water partition coefficient (Wildman–Crippen LogP) is 3.23. The third kappa shape index (κ3) is 2.74. The first-order chi connectivity index (χ1) is 8.72. The molecule has 1 heterocycles. The smallest absolute Gasteiger partial charge is 0.128 e. The van der Waals surface area contributed by atoms with Crippen molar-refractivity contribution in [1.82, 2.24) is 10.3 Å². The first-order valence-electron chi connectivity index (χ1n) is 6.11. The zero-order valence-electron chi connectivity index (χ0n) is 10.7. The Bertz CT molecular complexity index is 511. The van der Waals surface area contributed by atoms with Crippen molar-refractivity contribution >= 4 is 0 Å². The van der Waals surface area contributed by atoms with Gasteiger partial charge in [0, 0.05) is 18.0 Å². The van der Waals surface area contributed by atoms with E-state index in [-0.39, 0.29) is 11.9 Å². The minimum absolute atomic E-state index is 0.149. The highest BCUT2D eigenvalue weighted by Gasteiger charge is 2.17. The summed E-state index contributed by atoms with van der Waals surface area (Å²) in [4.78, 5) is 4.10. The van der Waals surface area contributed by atoms with Gasteiger partial charge < -0.3 is 5.32 Å². The zero-order chi connectivity index (χ0) is 13.0. The van der Waals surface area contributed by atoms with Crippen LogP contribution in [0.1, 0.15) is 29.7 Å². The molecule has 1 aromatic carbocycles. The Morgan fingerprint density at radius 3 is 2.83 bits per heavy atom. The van der Waals surface area contributed by atoms with Crippen LogP contribution < -0.4 is 5.32 Å². The summed E-state index contributed by atoms with van der Waals surface area (Å²) in [6, 6.07) is 8.87. The van der Waals surface area contributed by atoms with Crippen molar-refractivity contribution in [1.29, 1.82) is 0 Å². The Morgan fingerprint density at radius 2 is 2.17 bits per heavy atom. The van der Waals surface area contributed by atoms with Gasteiger partial charge in [-0.25, -0.2) is 4.39 Å². The van der Waals surface area contributed by atoms with Crippen molar-refractivity contribution in [3.63, 3.8) is 0 Å². The van der Waals surface area contributed by atoms with Gasteiger partial charge in [0.1, 0.15) is 5.82 Å². The molecule has 2 rings (SSSR count). The van der Waals surface area contributed by atoms with E-state index in [1.165, 1.54) is 6.07 Å². The lowest BCUT2D eigenvalue weighted by Gasteiger charge is -2.19. The maximum atomic E-state index is 14.0. The van der Waals surface area contributed by atoms with E-state index < -0.39 is 0 Å². The summed E-state index contributed by atoms with van der Waals surface area (Å²) < 4.78 is 14.0. The summed E-state index contributed by atoms with van der Waals surface area (Å²) in [5.74, 6) is -0.185. The highest BCUT2D eigenvalue weighted by Crippen LogP contribution is 2.24. The topological polar surface area (TPSA) is 24.9 Å². The first kappa shape index (κ1) is 12.7. The molecule has 1 atom stereocenters. The molecule has 1 aromatic heterocycles. The van der Waals surface area contributed by atoms with E-state index in [2.05, 4.69) is 10.3 Å². The second-order valence-corrected chi connectivity index (χ2v) is 4.30. The fourth-order valence-electron chi connectivity index (χ4n) is 2.04. The number of pyridine rings is 1. The number of hydrogen-bond donors (Lipinski definition) is 1. The molecule has 0 saturated heterocycles. The molecule has 0 fully saturated rings. The number of nitrogens with zero attached hydrogens (tertiary/aromatic N) is 1. The molecule has 0 radical (unpaired) electrons. The van der Waals surface area contributed by atoms with Gasteiger partial charge in [-0.1, -0.05) is 30.7 Å². The maximum absolute atomic E-state index is 14.0. The molecular formula is C15H17FN2. The van der Waals surface area contributed by atoms with Crippen molar-refractivity contribution in [2.24, 2.45) is 0 Å². The van der Waals surface area contributed by atoms with E-state index in [0.717, 1.165) is 17.7 Å². The predicted molar refractivity (Wildman–Crippen MR) is 70.9 cm³/mol. The molecule has 0 amide bonds. The minimum Gasteiger partial charge on any atom is -0.306 e. The van der Waals surface area contributed by atoms with Gasteiger partial charge in [-0.2, -0.15) is 0 Å². The Labute approximate surface area is 107 Å². The van der Waals surface area contributed by atoms with Gasteiger partial charge >= 0.3 is 0 Å². The highest BCUT2D eigenvalue weighted by molar-refractivity contribution is 5.33. The van der Waals surface area contributed by atoms with Crippen LogP contribution in [0.5, 0.6) is 0 Å². The fourth-order valence-corrected chi connectivity index (χ4v) is 2.04. The Balaban J connectivity index is 2.44. The van der Waals surface area contributed by atoms with Crippen LogP contribution >= 0.6 is 0 Å². The van der Waals surface area contributed by atoms with Crippen LogP contribution in [0.15, 0.2) is 42.7 Å². The van der Waals surface area contributed by atoms with Gasteiger partial charge in [0.05, 0.1) is 6.04 Å². The van der Waals surface area contributed by atoms with Gasteiger partial charge in [-0.05, 0) is 31.2 Å². The summed E-state index contributed by atoms with van der Waals surface area (Å²) in [5, 5.41) is 3.30. The van der Waals surface area contributed by atoms with E-state index in [1.54, 1.807) is 18.5 Å². The molecular weight excluding hydrogens is 227 g/mol. The lowest BCUT2D eigenvalue weighted by molar-refractivity contribution is 0.557. The molecule has 0 aliphatic heterocycles. The highest BCUT2D eigenvalue weighted by atomic mass is 19.1. The molecule has 0 aliphatic rings. The monoisotopic (exact) mass is 244 g/mol. The minimum atomic E-state index is -0.185. The summed E-state index contributed by atoms with van der Waals surface area (Å²) in [6.45, 7) is 4.75. The van der Waals surface area contributed by atoms with Gasteiger partial charge in [-0.3, -0.25) is 4.98 Å². The van der Waals surface area contributed by atoms with E-state index >= 15 is 0 Å². The zero-order valence-corrected chi connectivity index (χ0v) is 10.7. The van der Waals surface area contributed by atoms with Crippen molar-refractivity contribution in [3.05, 3.63) is 65.2 Å². The molecule has 0 aliphatic carbocycles. The van der Waals surface area contributed by atoms with E-state index in [9.17, 15) is 4.39 Å². The lowest BCUT2D eigenvalue weighted by Crippen LogP contribution is -2.23. The molecule has 0 bridgehead atoms. The fraction of sp³-hybridized carbons (Fsp3) is 0.267. The molecule has 3 heteroatoms. The standard InChI is InChI=1S/C15H17FN2/c1-3-18-15(12-5-4-8-17-10-12)13-9-11(2)6-7-14(13)16/h4-10,15,18H,3H2,1-2H3. The Hall–Kier alpha value is -1.74.